The van der Waals surface area contributed by atoms with Crippen molar-refractivity contribution in [1.82, 2.24) is 0 Å². The molecule has 0 saturated carbocycles. The van der Waals surface area contributed by atoms with Crippen LogP contribution in [0.5, 0.6) is 0 Å². The number of carbonyl (C=O) groups is 2. The van der Waals surface area contributed by atoms with Crippen LogP contribution >= 0.6 is 11.8 Å². The van der Waals surface area contributed by atoms with E-state index in [1.165, 1.54) is 0 Å². The average Bonchev–Trinajstić information content (AvgIpc) is 2.47. The topological polar surface area (TPSA) is 34.1 Å². The molecule has 1 aromatic carbocycles. The van der Waals surface area contributed by atoms with Crippen molar-refractivity contribution in [1.29, 1.82) is 0 Å². The molecule has 0 amide bonds. The van der Waals surface area contributed by atoms with Crippen molar-refractivity contribution >= 4 is 23.8 Å². The van der Waals surface area contributed by atoms with Crippen LogP contribution in [-0.4, -0.2) is 12.1 Å². The van der Waals surface area contributed by atoms with E-state index in [2.05, 4.69) is 0 Å². The maximum Gasteiger partial charge on any atom is 0.163 e. The Morgan fingerprint density at radius 1 is 1.16 bits per heavy atom. The lowest BCUT2D eigenvalue weighted by Crippen LogP contribution is -2.15. The summed E-state index contributed by atoms with van der Waals surface area (Å²) in [6.07, 6.45) is 5.18. The molecular weight excluding hydrogens is 256 g/mol. The first-order chi connectivity index (χ1) is 9.29. The van der Waals surface area contributed by atoms with Crippen LogP contribution in [0.3, 0.4) is 0 Å². The molecule has 2 aliphatic rings. The fraction of sp³-hybridized carbons (Fsp3) is 0.250. The molecule has 96 valence electrons. The van der Waals surface area contributed by atoms with Crippen LogP contribution in [0.15, 0.2) is 52.5 Å². The molecule has 1 aliphatic heterocycles. The highest BCUT2D eigenvalue weighted by Crippen LogP contribution is 2.48. The zero-order valence-electron chi connectivity index (χ0n) is 10.5. The number of Topliss-reactive ketones (excluding diaryl/α,β-unsaturated/α-hetero) is 1. The molecular formula is C16H14O2S. The van der Waals surface area contributed by atoms with Gasteiger partial charge in [0, 0.05) is 17.6 Å². The van der Waals surface area contributed by atoms with Gasteiger partial charge < -0.3 is 0 Å². The summed E-state index contributed by atoms with van der Waals surface area (Å²) in [5, 5.41) is 0.0309. The second-order valence-electron chi connectivity index (χ2n) is 4.78. The van der Waals surface area contributed by atoms with Crippen molar-refractivity contribution < 1.29 is 9.59 Å². The smallest absolute Gasteiger partial charge is 0.163 e. The Bertz CT molecular complexity index is 584. The van der Waals surface area contributed by atoms with E-state index in [1.54, 1.807) is 17.8 Å². The number of thioether (sulfide) groups is 1. The number of allylic oxidation sites excluding steroid dienone is 3. The third kappa shape index (κ3) is 2.30. The van der Waals surface area contributed by atoms with E-state index in [0.717, 1.165) is 35.2 Å². The standard InChI is InChI=1S/C16H14O2S/c17-10-12-9-13-14(18)7-4-8-15(13)19-16(12)11-5-2-1-3-6-11/h1-3,5-6,9-10,16H,4,7-8H2. The summed E-state index contributed by atoms with van der Waals surface area (Å²) in [5.74, 6) is 0.180. The monoisotopic (exact) mass is 270 g/mol. The predicted molar refractivity (Wildman–Crippen MR) is 76.8 cm³/mol. The fourth-order valence-corrected chi connectivity index (χ4v) is 3.95. The van der Waals surface area contributed by atoms with Crippen LogP contribution in [-0.2, 0) is 9.59 Å². The Kier molecular flexibility index (Phi) is 3.38. The van der Waals surface area contributed by atoms with Gasteiger partial charge in [0.1, 0.15) is 6.29 Å². The summed E-state index contributed by atoms with van der Waals surface area (Å²) in [6, 6.07) is 10.00. The Labute approximate surface area is 116 Å². The first-order valence-electron chi connectivity index (χ1n) is 6.44. The van der Waals surface area contributed by atoms with E-state index in [9.17, 15) is 9.59 Å². The van der Waals surface area contributed by atoms with E-state index in [1.807, 2.05) is 30.3 Å². The van der Waals surface area contributed by atoms with Gasteiger partial charge in [0.15, 0.2) is 5.78 Å². The molecule has 0 spiro atoms. The number of rotatable bonds is 2. The SMILES string of the molecule is O=CC1=CC2=C(CCCC2=O)SC1c1ccccc1. The highest BCUT2D eigenvalue weighted by molar-refractivity contribution is 8.03. The van der Waals surface area contributed by atoms with Gasteiger partial charge in [-0.3, -0.25) is 9.59 Å². The Morgan fingerprint density at radius 2 is 1.95 bits per heavy atom. The Hall–Kier alpha value is -1.61. The highest BCUT2D eigenvalue weighted by atomic mass is 32.2. The zero-order chi connectivity index (χ0) is 13.2. The van der Waals surface area contributed by atoms with E-state index in [0.29, 0.717) is 12.0 Å². The molecule has 0 aromatic heterocycles. The lowest BCUT2D eigenvalue weighted by molar-refractivity contribution is -0.115. The summed E-state index contributed by atoms with van der Waals surface area (Å²) in [4.78, 5) is 24.4. The van der Waals surface area contributed by atoms with Crippen LogP contribution in [0.1, 0.15) is 30.1 Å². The molecule has 0 fully saturated rings. The summed E-state index contributed by atoms with van der Waals surface area (Å²) >= 11 is 1.66. The van der Waals surface area contributed by atoms with E-state index in [-0.39, 0.29) is 11.0 Å². The summed E-state index contributed by atoms with van der Waals surface area (Å²) in [7, 11) is 0. The quantitative estimate of drug-likeness (QED) is 0.770. The van der Waals surface area contributed by atoms with Crippen molar-refractivity contribution in [3.8, 4) is 0 Å². The first kappa shape index (κ1) is 12.4. The van der Waals surface area contributed by atoms with Crippen molar-refractivity contribution in [3.05, 3.63) is 58.0 Å². The molecule has 1 atom stereocenters. The fourth-order valence-electron chi connectivity index (χ4n) is 2.55. The maximum absolute atomic E-state index is 11.9. The average molecular weight is 270 g/mol. The molecule has 3 rings (SSSR count). The van der Waals surface area contributed by atoms with Gasteiger partial charge in [-0.05, 0) is 29.4 Å². The minimum Gasteiger partial charge on any atom is -0.298 e. The molecule has 0 saturated heterocycles. The van der Waals surface area contributed by atoms with Gasteiger partial charge in [-0.2, -0.15) is 0 Å². The molecule has 1 unspecified atom stereocenters. The minimum absolute atomic E-state index is 0.0309. The molecule has 1 aliphatic carbocycles. The Morgan fingerprint density at radius 3 is 2.68 bits per heavy atom. The van der Waals surface area contributed by atoms with Crippen molar-refractivity contribution in [2.75, 3.05) is 0 Å². The highest BCUT2D eigenvalue weighted by Gasteiger charge is 2.29. The Balaban J connectivity index is 2.01. The van der Waals surface area contributed by atoms with Crippen LogP contribution < -0.4 is 0 Å². The number of aldehydes is 1. The molecule has 0 radical (unpaired) electrons. The molecule has 0 bridgehead atoms. The summed E-state index contributed by atoms with van der Waals surface area (Å²) in [5.41, 5.74) is 2.59. The largest absolute Gasteiger partial charge is 0.298 e. The van der Waals surface area contributed by atoms with Crippen LogP contribution in [0.4, 0.5) is 0 Å². The van der Waals surface area contributed by atoms with Crippen molar-refractivity contribution in [3.63, 3.8) is 0 Å². The second-order valence-corrected chi connectivity index (χ2v) is 5.98. The number of hydrogen-bond donors (Lipinski definition) is 0. The summed E-state index contributed by atoms with van der Waals surface area (Å²) in [6.45, 7) is 0. The van der Waals surface area contributed by atoms with Gasteiger partial charge in [0.25, 0.3) is 0 Å². The third-order valence-electron chi connectivity index (χ3n) is 3.52. The summed E-state index contributed by atoms with van der Waals surface area (Å²) < 4.78 is 0. The van der Waals surface area contributed by atoms with Gasteiger partial charge in [0.2, 0.25) is 0 Å². The predicted octanol–water partition coefficient (Wildman–Crippen LogP) is 3.61. The van der Waals surface area contributed by atoms with Gasteiger partial charge >= 0.3 is 0 Å². The van der Waals surface area contributed by atoms with Crippen molar-refractivity contribution in [2.45, 2.75) is 24.5 Å². The lowest BCUT2D eigenvalue weighted by Gasteiger charge is -2.27. The van der Waals surface area contributed by atoms with E-state index in [4.69, 9.17) is 0 Å². The van der Waals surface area contributed by atoms with Crippen LogP contribution in [0.2, 0.25) is 0 Å². The molecule has 19 heavy (non-hydrogen) atoms. The minimum atomic E-state index is 0.0309. The normalized spacial score (nSPS) is 22.8. The number of hydrogen-bond acceptors (Lipinski definition) is 3. The van der Waals surface area contributed by atoms with Crippen LogP contribution in [0, 0.1) is 0 Å². The maximum atomic E-state index is 11.9. The lowest BCUT2D eigenvalue weighted by atomic mass is 9.94. The molecule has 1 heterocycles. The van der Waals surface area contributed by atoms with Crippen molar-refractivity contribution in [2.24, 2.45) is 0 Å². The molecule has 1 aromatic rings. The van der Waals surface area contributed by atoms with Gasteiger partial charge in [-0.1, -0.05) is 30.3 Å². The number of benzene rings is 1. The number of ketones is 1. The van der Waals surface area contributed by atoms with Gasteiger partial charge in [0.05, 0.1) is 5.25 Å². The van der Waals surface area contributed by atoms with Gasteiger partial charge in [-0.15, -0.1) is 11.8 Å². The molecule has 0 N–H and O–H groups in total. The first-order valence-corrected chi connectivity index (χ1v) is 7.32. The van der Waals surface area contributed by atoms with E-state index >= 15 is 0 Å². The van der Waals surface area contributed by atoms with Gasteiger partial charge in [-0.25, -0.2) is 0 Å². The second kappa shape index (κ2) is 5.17. The van der Waals surface area contributed by atoms with Crippen LogP contribution in [0.25, 0.3) is 0 Å². The van der Waals surface area contributed by atoms with E-state index < -0.39 is 0 Å². The molecule has 3 heteroatoms. The molecule has 2 nitrogen and oxygen atoms in total. The zero-order valence-corrected chi connectivity index (χ0v) is 11.3. The third-order valence-corrected chi connectivity index (χ3v) is 5.01. The number of carbonyl (C=O) groups excluding carboxylic acids is 2.